The lowest BCUT2D eigenvalue weighted by Gasteiger charge is -2.35. The van der Waals surface area contributed by atoms with Crippen molar-refractivity contribution < 1.29 is 18.0 Å². The summed E-state index contributed by atoms with van der Waals surface area (Å²) in [6, 6.07) is 3.15. The Balaban J connectivity index is 1.42. The lowest BCUT2D eigenvalue weighted by Crippen LogP contribution is -2.48. The number of imide groups is 1. The lowest BCUT2D eigenvalue weighted by molar-refractivity contribution is -0.125. The molecule has 3 fully saturated rings. The van der Waals surface area contributed by atoms with E-state index in [1.165, 1.54) is 20.5 Å². The van der Waals surface area contributed by atoms with Gasteiger partial charge >= 0.3 is 6.03 Å². The summed E-state index contributed by atoms with van der Waals surface area (Å²) in [6.07, 6.45) is 2.92. The van der Waals surface area contributed by atoms with E-state index in [-0.39, 0.29) is 30.6 Å². The normalized spacial score (nSPS) is 23.7. The number of nitrogens with zero attached hydrogens (tertiary/aromatic N) is 3. The Bertz CT molecular complexity index is 812. The quantitative estimate of drug-likeness (QED) is 0.661. The molecule has 136 valence electrons. The van der Waals surface area contributed by atoms with Gasteiger partial charge in [-0.1, -0.05) is 0 Å². The van der Waals surface area contributed by atoms with Gasteiger partial charge < -0.3 is 4.90 Å². The first kappa shape index (κ1) is 17.4. The summed E-state index contributed by atoms with van der Waals surface area (Å²) in [4.78, 5) is 27.6. The first-order valence-electron chi connectivity index (χ1n) is 8.26. The molecule has 0 unspecified atom stereocenters. The van der Waals surface area contributed by atoms with Gasteiger partial charge in [0.05, 0.1) is 3.79 Å². The first-order chi connectivity index (χ1) is 11.9. The number of carbonyl (C=O) groups is 2. The molecule has 1 aromatic rings. The number of carbonyl (C=O) groups excluding carboxylic acids is 2. The van der Waals surface area contributed by atoms with Gasteiger partial charge in [0, 0.05) is 25.2 Å². The highest BCUT2D eigenvalue weighted by atomic mass is 79.9. The highest BCUT2D eigenvalue weighted by Crippen LogP contribution is 2.34. The van der Waals surface area contributed by atoms with Crippen LogP contribution in [0.15, 0.2) is 20.1 Å². The molecular weight excluding hydrogens is 430 g/mol. The van der Waals surface area contributed by atoms with Crippen molar-refractivity contribution in [3.63, 3.8) is 0 Å². The number of piperidine rings is 1. The summed E-state index contributed by atoms with van der Waals surface area (Å²) in [5, 5.41) is 0. The van der Waals surface area contributed by atoms with Crippen LogP contribution < -0.4 is 0 Å². The fraction of sp³-hybridized carbons (Fsp3) is 0.600. The van der Waals surface area contributed by atoms with Gasteiger partial charge in [0.25, 0.3) is 15.9 Å². The van der Waals surface area contributed by atoms with Crippen LogP contribution in [0.2, 0.25) is 0 Å². The second kappa shape index (κ2) is 6.33. The van der Waals surface area contributed by atoms with Crippen LogP contribution in [0.3, 0.4) is 0 Å². The number of urea groups is 1. The summed E-state index contributed by atoms with van der Waals surface area (Å²) in [7, 11) is -3.49. The zero-order chi connectivity index (χ0) is 17.8. The van der Waals surface area contributed by atoms with Gasteiger partial charge in [0.15, 0.2) is 0 Å². The second-order valence-corrected chi connectivity index (χ2v) is 11.2. The van der Waals surface area contributed by atoms with Crippen LogP contribution in [0.1, 0.15) is 25.7 Å². The van der Waals surface area contributed by atoms with Crippen LogP contribution in [-0.2, 0) is 14.8 Å². The van der Waals surface area contributed by atoms with E-state index >= 15 is 0 Å². The van der Waals surface area contributed by atoms with Crippen molar-refractivity contribution >= 4 is 49.2 Å². The third kappa shape index (κ3) is 3.13. The predicted molar refractivity (Wildman–Crippen MR) is 95.8 cm³/mol. The zero-order valence-corrected chi connectivity index (χ0v) is 16.6. The minimum absolute atomic E-state index is 0.0679. The number of rotatable bonds is 4. The second-order valence-electron chi connectivity index (χ2n) is 6.60. The average molecular weight is 448 g/mol. The van der Waals surface area contributed by atoms with Gasteiger partial charge in [-0.25, -0.2) is 13.2 Å². The van der Waals surface area contributed by atoms with Crippen molar-refractivity contribution in [3.05, 3.63) is 15.9 Å². The summed E-state index contributed by atoms with van der Waals surface area (Å²) in [6.45, 7) is 0.860. The minimum Gasteiger partial charge on any atom is -0.312 e. The summed E-state index contributed by atoms with van der Waals surface area (Å²) in [5.41, 5.74) is 0. The molecule has 3 heterocycles. The molecule has 25 heavy (non-hydrogen) atoms. The maximum atomic E-state index is 12.7. The van der Waals surface area contributed by atoms with Gasteiger partial charge in [-0.05, 0) is 53.7 Å². The number of amides is 3. The Morgan fingerprint density at radius 3 is 2.28 bits per heavy atom. The van der Waals surface area contributed by atoms with Crippen LogP contribution >= 0.6 is 27.3 Å². The highest BCUT2D eigenvalue weighted by Gasteiger charge is 2.47. The molecule has 2 saturated heterocycles. The number of hydrogen-bond donors (Lipinski definition) is 0. The molecule has 1 aromatic heterocycles. The molecular formula is C15H18BrN3O4S2. The Labute approximate surface area is 158 Å². The van der Waals surface area contributed by atoms with E-state index in [4.69, 9.17) is 0 Å². The van der Waals surface area contributed by atoms with Gasteiger partial charge in [-0.15, -0.1) is 11.3 Å². The van der Waals surface area contributed by atoms with E-state index in [0.29, 0.717) is 30.1 Å². The molecule has 1 aliphatic carbocycles. The van der Waals surface area contributed by atoms with Gasteiger partial charge in [-0.2, -0.15) is 4.31 Å². The number of hydrogen-bond acceptors (Lipinski definition) is 5. The smallest absolute Gasteiger partial charge is 0.312 e. The molecule has 0 bridgehead atoms. The molecule has 0 radical (unpaired) electrons. The molecule has 10 heteroatoms. The van der Waals surface area contributed by atoms with Gasteiger partial charge in [0.2, 0.25) is 0 Å². The third-order valence-corrected chi connectivity index (χ3v) is 8.93. The molecule has 3 aliphatic rings. The van der Waals surface area contributed by atoms with Crippen LogP contribution in [0.5, 0.6) is 0 Å². The third-order valence-electron chi connectivity index (χ3n) is 4.95. The van der Waals surface area contributed by atoms with Crippen LogP contribution in [0.25, 0.3) is 0 Å². The number of halogens is 1. The van der Waals surface area contributed by atoms with Gasteiger partial charge in [-0.3, -0.25) is 9.69 Å². The van der Waals surface area contributed by atoms with E-state index in [2.05, 4.69) is 15.9 Å². The molecule has 7 nitrogen and oxygen atoms in total. The van der Waals surface area contributed by atoms with Crippen LogP contribution in [0.4, 0.5) is 4.79 Å². The van der Waals surface area contributed by atoms with Crippen molar-refractivity contribution in [1.82, 2.24) is 14.1 Å². The maximum absolute atomic E-state index is 12.7. The maximum Gasteiger partial charge on any atom is 0.327 e. The standard InChI is InChI=1S/C15H18BrN3O4S2/c16-12-3-4-14(24-12)25(22,23)17-7-5-10(6-8-17)18-9-13(20)19(15(18)21)11-1-2-11/h3-4,10-11H,1-2,5-9H2. The molecule has 2 aliphatic heterocycles. The Kier molecular flexibility index (Phi) is 4.41. The monoisotopic (exact) mass is 447 g/mol. The molecule has 3 amide bonds. The van der Waals surface area contributed by atoms with Crippen molar-refractivity contribution in [2.24, 2.45) is 0 Å². The minimum atomic E-state index is -3.49. The highest BCUT2D eigenvalue weighted by molar-refractivity contribution is 9.11. The SMILES string of the molecule is O=C1CN(C2CCN(S(=O)(=O)c3ccc(Br)s3)CC2)C(=O)N1C1CC1. The van der Waals surface area contributed by atoms with E-state index < -0.39 is 10.0 Å². The van der Waals surface area contributed by atoms with Crippen LogP contribution in [0, 0.1) is 0 Å². The van der Waals surface area contributed by atoms with Crippen molar-refractivity contribution in [2.75, 3.05) is 19.6 Å². The van der Waals surface area contributed by atoms with Crippen molar-refractivity contribution in [3.8, 4) is 0 Å². The van der Waals surface area contributed by atoms with Crippen molar-refractivity contribution in [2.45, 2.75) is 42.0 Å². The van der Waals surface area contributed by atoms with Crippen molar-refractivity contribution in [1.29, 1.82) is 0 Å². The number of thiophene rings is 1. The molecule has 0 spiro atoms. The van der Waals surface area contributed by atoms with E-state index in [9.17, 15) is 18.0 Å². The summed E-state index contributed by atoms with van der Waals surface area (Å²) >= 11 is 4.49. The summed E-state index contributed by atoms with van der Waals surface area (Å²) in [5.74, 6) is -0.119. The van der Waals surface area contributed by atoms with E-state index in [1.54, 1.807) is 17.0 Å². The van der Waals surface area contributed by atoms with Gasteiger partial charge in [0.1, 0.15) is 10.8 Å². The molecule has 4 rings (SSSR count). The van der Waals surface area contributed by atoms with E-state index in [0.717, 1.165) is 16.6 Å². The Hall–Kier alpha value is -0.970. The largest absolute Gasteiger partial charge is 0.327 e. The summed E-state index contributed by atoms with van der Waals surface area (Å²) < 4.78 is 27.9. The zero-order valence-electron chi connectivity index (χ0n) is 13.4. The Morgan fingerprint density at radius 2 is 1.72 bits per heavy atom. The lowest BCUT2D eigenvalue weighted by atomic mass is 10.1. The molecule has 0 aromatic carbocycles. The molecule has 1 saturated carbocycles. The first-order valence-corrected chi connectivity index (χ1v) is 11.3. The Morgan fingerprint density at radius 1 is 1.04 bits per heavy atom. The fourth-order valence-corrected chi connectivity index (χ4v) is 7.10. The van der Waals surface area contributed by atoms with E-state index in [1.807, 2.05) is 0 Å². The fourth-order valence-electron chi connectivity index (χ4n) is 3.47. The number of sulfonamides is 1. The average Bonchev–Trinajstić information content (AvgIpc) is 3.23. The topological polar surface area (TPSA) is 78.0 Å². The predicted octanol–water partition coefficient (Wildman–Crippen LogP) is 2.09. The van der Waals surface area contributed by atoms with Crippen LogP contribution in [-0.4, -0.2) is 66.2 Å². The molecule has 0 atom stereocenters. The molecule has 0 N–H and O–H groups in total.